The molecule has 6 heteroatoms. The number of allylic oxidation sites excluding steroid dienone is 1. The van der Waals surface area contributed by atoms with Crippen LogP contribution in [0.25, 0.3) is 10.9 Å². The van der Waals surface area contributed by atoms with Crippen molar-refractivity contribution in [2.45, 2.75) is 40.7 Å². The van der Waals surface area contributed by atoms with Crippen molar-refractivity contribution in [3.63, 3.8) is 0 Å². The van der Waals surface area contributed by atoms with Crippen LogP contribution in [-0.4, -0.2) is 23.1 Å². The molecule has 0 bridgehead atoms. The molecule has 0 radical (unpaired) electrons. The lowest BCUT2D eigenvalue weighted by atomic mass is 9.97. The molecule has 1 heterocycles. The minimum absolute atomic E-state index is 0.225. The predicted molar refractivity (Wildman–Crippen MR) is 125 cm³/mol. The summed E-state index contributed by atoms with van der Waals surface area (Å²) in [6.45, 7) is 14.9. The van der Waals surface area contributed by atoms with Gasteiger partial charge in [0.2, 0.25) is 0 Å². The van der Waals surface area contributed by atoms with Gasteiger partial charge >= 0.3 is 0 Å². The van der Waals surface area contributed by atoms with E-state index in [1.54, 1.807) is 6.08 Å². The minimum Gasteiger partial charge on any atom is -0.347 e. The maximum absolute atomic E-state index is 6.16. The van der Waals surface area contributed by atoms with Crippen LogP contribution in [0.15, 0.2) is 64.0 Å². The zero-order valence-electron chi connectivity index (χ0n) is 17.0. The summed E-state index contributed by atoms with van der Waals surface area (Å²) < 4.78 is 2.31. The zero-order valence-corrected chi connectivity index (χ0v) is 18.5. The van der Waals surface area contributed by atoms with Gasteiger partial charge in [-0.05, 0) is 42.2 Å². The Morgan fingerprint density at radius 1 is 1.29 bits per heavy atom. The molecular formula is C22H28Cl2N4. The number of aliphatic imine (C=N–C) groups is 2. The van der Waals surface area contributed by atoms with E-state index in [1.807, 2.05) is 0 Å². The molecule has 0 saturated heterocycles. The van der Waals surface area contributed by atoms with Crippen LogP contribution >= 0.6 is 23.2 Å². The van der Waals surface area contributed by atoms with E-state index >= 15 is 0 Å². The van der Waals surface area contributed by atoms with Crippen molar-refractivity contribution in [2.24, 2.45) is 15.4 Å². The second kappa shape index (κ2) is 9.94. The highest BCUT2D eigenvalue weighted by molar-refractivity contribution is 6.56. The molecule has 4 nitrogen and oxygen atoms in total. The van der Waals surface area contributed by atoms with Crippen LogP contribution in [0.2, 0.25) is 0 Å². The van der Waals surface area contributed by atoms with Crippen LogP contribution in [0.4, 0.5) is 5.69 Å². The first kappa shape index (κ1) is 22.3. The quantitative estimate of drug-likeness (QED) is 0.201. The molecule has 0 unspecified atom stereocenters. The summed E-state index contributed by atoms with van der Waals surface area (Å²) in [6.07, 6.45) is 6.16. The SMILES string of the molecule is C=C(/C=C(\Cl)N=CN=CCl)N(CCC)c1ccc2c(ccn2CC(C)(C)C)c1. The highest BCUT2D eigenvalue weighted by atomic mass is 35.5. The Hall–Kier alpha value is -2.04. The Labute approximate surface area is 177 Å². The molecule has 0 saturated carbocycles. The average Bonchev–Trinajstić information content (AvgIpc) is 3.00. The lowest BCUT2D eigenvalue weighted by molar-refractivity contribution is 0.349. The van der Waals surface area contributed by atoms with E-state index in [0.717, 1.165) is 36.6 Å². The third-order valence-corrected chi connectivity index (χ3v) is 4.41. The van der Waals surface area contributed by atoms with Crippen LogP contribution in [0.5, 0.6) is 0 Å². The first-order valence-corrected chi connectivity index (χ1v) is 10.1. The molecule has 0 amide bonds. The minimum atomic E-state index is 0.225. The molecule has 1 aromatic carbocycles. The van der Waals surface area contributed by atoms with Crippen LogP contribution in [0, 0.1) is 5.41 Å². The Morgan fingerprint density at radius 2 is 2.04 bits per heavy atom. The van der Waals surface area contributed by atoms with Gasteiger partial charge in [0.25, 0.3) is 0 Å². The van der Waals surface area contributed by atoms with Crippen molar-refractivity contribution >= 4 is 51.8 Å². The van der Waals surface area contributed by atoms with Gasteiger partial charge in [0.15, 0.2) is 0 Å². The van der Waals surface area contributed by atoms with Crippen molar-refractivity contribution in [1.29, 1.82) is 0 Å². The molecule has 0 aliphatic heterocycles. The van der Waals surface area contributed by atoms with Crippen molar-refractivity contribution in [3.8, 4) is 0 Å². The van der Waals surface area contributed by atoms with Crippen LogP contribution in [0.3, 0.4) is 0 Å². The smallest absolute Gasteiger partial charge is 0.132 e. The normalized spacial score (nSPS) is 13.1. The molecule has 1 aromatic heterocycles. The number of benzene rings is 1. The summed E-state index contributed by atoms with van der Waals surface area (Å²) >= 11 is 11.5. The average molecular weight is 419 g/mol. The van der Waals surface area contributed by atoms with E-state index in [-0.39, 0.29) is 5.41 Å². The number of anilines is 1. The largest absolute Gasteiger partial charge is 0.347 e. The highest BCUT2D eigenvalue weighted by Gasteiger charge is 2.14. The lowest BCUT2D eigenvalue weighted by Crippen LogP contribution is -2.21. The molecule has 2 aromatic rings. The molecule has 0 atom stereocenters. The summed E-state index contributed by atoms with van der Waals surface area (Å²) in [6, 6.07) is 8.66. The second-order valence-corrected chi connectivity index (χ2v) is 8.43. The number of fused-ring (bicyclic) bond motifs is 1. The zero-order chi connectivity index (χ0) is 20.7. The van der Waals surface area contributed by atoms with Gasteiger partial charge in [0.05, 0.1) is 5.67 Å². The van der Waals surface area contributed by atoms with E-state index in [1.165, 1.54) is 17.2 Å². The second-order valence-electron chi connectivity index (χ2n) is 7.85. The predicted octanol–water partition coefficient (Wildman–Crippen LogP) is 6.79. The molecule has 2 rings (SSSR count). The topological polar surface area (TPSA) is 32.9 Å². The van der Waals surface area contributed by atoms with Gasteiger partial charge < -0.3 is 9.47 Å². The van der Waals surface area contributed by atoms with Gasteiger partial charge in [-0.1, -0.05) is 57.5 Å². The highest BCUT2D eigenvalue weighted by Crippen LogP contribution is 2.28. The van der Waals surface area contributed by atoms with Crippen LogP contribution < -0.4 is 4.90 Å². The third-order valence-electron chi connectivity index (χ3n) is 4.09. The Morgan fingerprint density at radius 3 is 2.68 bits per heavy atom. The van der Waals surface area contributed by atoms with Crippen LogP contribution in [0.1, 0.15) is 34.1 Å². The van der Waals surface area contributed by atoms with E-state index in [4.69, 9.17) is 23.2 Å². The molecule has 150 valence electrons. The van der Waals surface area contributed by atoms with E-state index < -0.39 is 0 Å². The van der Waals surface area contributed by atoms with Crippen molar-refractivity contribution in [2.75, 3.05) is 11.4 Å². The fourth-order valence-electron chi connectivity index (χ4n) is 3.03. The van der Waals surface area contributed by atoms with Gasteiger partial charge in [0.1, 0.15) is 11.5 Å². The maximum atomic E-state index is 6.16. The number of hydrogen-bond acceptors (Lipinski definition) is 2. The van der Waals surface area contributed by atoms with Gasteiger partial charge in [-0.2, -0.15) is 0 Å². The van der Waals surface area contributed by atoms with Crippen molar-refractivity contribution in [1.82, 2.24) is 4.57 Å². The standard InChI is InChI=1S/C22H28Cl2N4/c1-6-10-28(17(2)12-21(24)26-16-25-15-23)19-7-8-20-18(13-19)9-11-27(20)14-22(3,4)5/h7-9,11-13,15-16H,2,6,10,14H2,1,3-5H3/b21-12+,25-15?,26-16?. The molecule has 0 aliphatic rings. The fraction of sp³-hybridized carbons (Fsp3) is 0.364. The number of rotatable bonds is 8. The first-order chi connectivity index (χ1) is 13.2. The van der Waals surface area contributed by atoms with Gasteiger partial charge in [0, 0.05) is 41.6 Å². The number of halogens is 2. The van der Waals surface area contributed by atoms with E-state index in [9.17, 15) is 0 Å². The van der Waals surface area contributed by atoms with E-state index in [2.05, 4.69) is 84.2 Å². The molecule has 0 N–H and O–H groups in total. The van der Waals surface area contributed by atoms with E-state index in [0.29, 0.717) is 5.16 Å². The van der Waals surface area contributed by atoms with Gasteiger partial charge in [-0.25, -0.2) is 9.98 Å². The maximum Gasteiger partial charge on any atom is 0.132 e. The Bertz CT molecular complexity index is 901. The summed E-state index contributed by atoms with van der Waals surface area (Å²) in [5.74, 6) is 0. The molecule has 0 aliphatic carbocycles. The molecule has 0 spiro atoms. The molecule has 28 heavy (non-hydrogen) atoms. The number of aromatic nitrogens is 1. The lowest BCUT2D eigenvalue weighted by Gasteiger charge is -2.25. The first-order valence-electron chi connectivity index (χ1n) is 9.32. The monoisotopic (exact) mass is 418 g/mol. The molecule has 0 fully saturated rings. The van der Waals surface area contributed by atoms with Gasteiger partial charge in [-0.3, -0.25) is 0 Å². The van der Waals surface area contributed by atoms with Crippen molar-refractivity contribution in [3.05, 3.63) is 54.0 Å². The van der Waals surface area contributed by atoms with Crippen molar-refractivity contribution < 1.29 is 0 Å². The number of nitrogens with zero attached hydrogens (tertiary/aromatic N) is 4. The fourth-order valence-corrected chi connectivity index (χ4v) is 3.25. The number of hydrogen-bond donors (Lipinski definition) is 0. The molecular weight excluding hydrogens is 391 g/mol. The third kappa shape index (κ3) is 6.25. The van der Waals surface area contributed by atoms with Gasteiger partial charge in [-0.15, -0.1) is 0 Å². The Kier molecular flexibility index (Phi) is 7.90. The summed E-state index contributed by atoms with van der Waals surface area (Å²) in [4.78, 5) is 9.85. The Balaban J connectivity index is 2.31. The summed E-state index contributed by atoms with van der Waals surface area (Å²) in [5.41, 5.74) is 4.44. The summed E-state index contributed by atoms with van der Waals surface area (Å²) in [7, 11) is 0. The summed E-state index contributed by atoms with van der Waals surface area (Å²) in [5, 5.41) is 1.51. The van der Waals surface area contributed by atoms with Crippen LogP contribution in [-0.2, 0) is 6.54 Å².